The van der Waals surface area contributed by atoms with Crippen molar-refractivity contribution in [1.29, 1.82) is 0 Å². The third kappa shape index (κ3) is 4.42. The van der Waals surface area contributed by atoms with E-state index >= 15 is 0 Å². The quantitative estimate of drug-likeness (QED) is 0.488. The summed E-state index contributed by atoms with van der Waals surface area (Å²) in [5.41, 5.74) is 2.82. The van der Waals surface area contributed by atoms with Gasteiger partial charge in [-0.25, -0.2) is 13.4 Å². The Kier molecular flexibility index (Phi) is 5.86. The molecule has 168 valence electrons. The first kappa shape index (κ1) is 22.4. The molecule has 0 saturated carbocycles. The highest BCUT2D eigenvalue weighted by Gasteiger charge is 2.24. The van der Waals surface area contributed by atoms with Gasteiger partial charge in [-0.05, 0) is 62.2 Å². The van der Waals surface area contributed by atoms with Gasteiger partial charge in [0.25, 0.3) is 0 Å². The van der Waals surface area contributed by atoms with Crippen LogP contribution in [0.5, 0.6) is 0 Å². The van der Waals surface area contributed by atoms with Crippen LogP contribution in [0.15, 0.2) is 81.4 Å². The number of carbonyl (C=O) groups is 1. The molecule has 0 unspecified atom stereocenters. The van der Waals surface area contributed by atoms with E-state index in [0.29, 0.717) is 11.4 Å². The highest BCUT2D eigenvalue weighted by molar-refractivity contribution is 7.91. The first-order valence-electron chi connectivity index (χ1n) is 10.3. The number of hydrogen-bond acceptors (Lipinski definition) is 5. The van der Waals surface area contributed by atoms with Crippen molar-refractivity contribution >= 4 is 32.5 Å². The lowest BCUT2D eigenvalue weighted by Gasteiger charge is -2.15. The maximum absolute atomic E-state index is 13.2. The monoisotopic (exact) mass is 461 g/mol. The van der Waals surface area contributed by atoms with Gasteiger partial charge in [0.2, 0.25) is 21.2 Å². The number of benzene rings is 2. The lowest BCUT2D eigenvalue weighted by molar-refractivity contribution is -0.116. The van der Waals surface area contributed by atoms with Gasteiger partial charge >= 0.3 is 0 Å². The molecular weight excluding hydrogens is 438 g/mol. The fourth-order valence-corrected chi connectivity index (χ4v) is 4.98. The average Bonchev–Trinajstić information content (AvgIpc) is 2.78. The molecule has 33 heavy (non-hydrogen) atoms. The van der Waals surface area contributed by atoms with Crippen LogP contribution in [0, 0.1) is 20.8 Å². The second-order valence-electron chi connectivity index (χ2n) is 7.96. The predicted octanol–water partition coefficient (Wildman–Crippen LogP) is 3.79. The number of amides is 1. The van der Waals surface area contributed by atoms with E-state index in [1.165, 1.54) is 22.9 Å². The van der Waals surface area contributed by atoms with Gasteiger partial charge in [0.1, 0.15) is 17.1 Å². The van der Waals surface area contributed by atoms with Crippen molar-refractivity contribution in [3.05, 3.63) is 93.9 Å². The number of aromatic nitrogens is 2. The van der Waals surface area contributed by atoms with Gasteiger partial charge in [-0.15, -0.1) is 0 Å². The van der Waals surface area contributed by atoms with Crippen molar-refractivity contribution in [2.45, 2.75) is 37.1 Å². The van der Waals surface area contributed by atoms with E-state index in [1.807, 2.05) is 32.0 Å². The van der Waals surface area contributed by atoms with Crippen LogP contribution in [0.3, 0.4) is 0 Å². The number of hydrogen-bond donors (Lipinski definition) is 1. The SMILES string of the molecule is Cc1ccc(C)c(NC(=O)Cn2cc(S(=O)(=O)c3ccccc3)c(=O)c3ccc(C)nc32)c1. The average molecular weight is 462 g/mol. The van der Waals surface area contributed by atoms with E-state index in [0.717, 1.165) is 11.1 Å². The molecule has 0 atom stereocenters. The summed E-state index contributed by atoms with van der Waals surface area (Å²) in [6.45, 7) is 5.37. The number of anilines is 1. The van der Waals surface area contributed by atoms with Crippen LogP contribution in [0.25, 0.3) is 11.0 Å². The molecule has 0 fully saturated rings. The summed E-state index contributed by atoms with van der Waals surface area (Å²) in [7, 11) is -4.09. The minimum atomic E-state index is -4.09. The Morgan fingerprint density at radius 3 is 2.45 bits per heavy atom. The van der Waals surface area contributed by atoms with Gasteiger partial charge in [0.05, 0.1) is 10.3 Å². The molecule has 2 aromatic heterocycles. The van der Waals surface area contributed by atoms with Crippen molar-refractivity contribution in [3.8, 4) is 0 Å². The number of nitrogens with zero attached hydrogens (tertiary/aromatic N) is 2. The Morgan fingerprint density at radius 1 is 1.00 bits per heavy atom. The first-order chi connectivity index (χ1) is 15.7. The maximum atomic E-state index is 13.2. The van der Waals surface area contributed by atoms with Crippen LogP contribution in [0.1, 0.15) is 16.8 Å². The molecule has 8 heteroatoms. The molecule has 4 aromatic rings. The normalized spacial score (nSPS) is 11.5. The molecular formula is C25H23N3O4S. The van der Waals surface area contributed by atoms with Crippen LogP contribution >= 0.6 is 0 Å². The molecule has 0 bridgehead atoms. The first-order valence-corrected chi connectivity index (χ1v) is 11.8. The second kappa shape index (κ2) is 8.63. The van der Waals surface area contributed by atoms with E-state index in [1.54, 1.807) is 37.3 Å². The molecule has 2 heterocycles. The third-order valence-electron chi connectivity index (χ3n) is 5.35. The fraction of sp³-hybridized carbons (Fsp3) is 0.160. The van der Waals surface area contributed by atoms with Crippen LogP contribution in [0.2, 0.25) is 0 Å². The highest BCUT2D eigenvalue weighted by atomic mass is 32.2. The van der Waals surface area contributed by atoms with E-state index in [2.05, 4.69) is 10.3 Å². The van der Waals surface area contributed by atoms with Gasteiger partial charge in [-0.2, -0.15) is 0 Å². The lowest BCUT2D eigenvalue weighted by Crippen LogP contribution is -2.24. The summed E-state index contributed by atoms with van der Waals surface area (Å²) >= 11 is 0. The van der Waals surface area contributed by atoms with Gasteiger partial charge in [-0.3, -0.25) is 9.59 Å². The Balaban J connectivity index is 1.83. The number of sulfone groups is 1. The summed E-state index contributed by atoms with van der Waals surface area (Å²) in [5, 5.41) is 3.00. The van der Waals surface area contributed by atoms with Crippen molar-refractivity contribution in [2.24, 2.45) is 0 Å². The maximum Gasteiger partial charge on any atom is 0.244 e. The standard InChI is InChI=1S/C25H23N3O4S/c1-16-9-10-17(2)21(13-16)27-23(29)15-28-14-22(33(31,32)19-7-5-4-6-8-19)24(30)20-12-11-18(3)26-25(20)28/h4-14H,15H2,1-3H3,(H,27,29). The van der Waals surface area contributed by atoms with E-state index in [9.17, 15) is 18.0 Å². The summed E-state index contributed by atoms with van der Waals surface area (Å²) < 4.78 is 27.9. The van der Waals surface area contributed by atoms with Gasteiger partial charge in [-0.1, -0.05) is 30.3 Å². The van der Waals surface area contributed by atoms with Crippen LogP contribution in [-0.4, -0.2) is 23.9 Å². The highest BCUT2D eigenvalue weighted by Crippen LogP contribution is 2.21. The Hall–Kier alpha value is -3.78. The summed E-state index contributed by atoms with van der Waals surface area (Å²) in [6, 6.07) is 16.7. The molecule has 0 aliphatic rings. The van der Waals surface area contributed by atoms with Crippen molar-refractivity contribution in [2.75, 3.05) is 5.32 Å². The summed E-state index contributed by atoms with van der Waals surface area (Å²) in [5.74, 6) is -0.361. The second-order valence-corrected chi connectivity index (χ2v) is 9.88. The smallest absolute Gasteiger partial charge is 0.244 e. The number of pyridine rings is 2. The number of aryl methyl sites for hydroxylation is 3. The minimum Gasteiger partial charge on any atom is -0.324 e. The fourth-order valence-electron chi connectivity index (χ4n) is 3.59. The van der Waals surface area contributed by atoms with Gasteiger partial charge < -0.3 is 9.88 Å². The molecule has 7 nitrogen and oxygen atoms in total. The lowest BCUT2D eigenvalue weighted by atomic mass is 10.1. The summed E-state index contributed by atoms with van der Waals surface area (Å²) in [6.07, 6.45) is 1.21. The van der Waals surface area contributed by atoms with Crippen LogP contribution in [0.4, 0.5) is 5.69 Å². The largest absolute Gasteiger partial charge is 0.324 e. The number of nitrogens with one attached hydrogen (secondary N) is 1. The van der Waals surface area contributed by atoms with Crippen molar-refractivity contribution < 1.29 is 13.2 Å². The van der Waals surface area contributed by atoms with E-state index < -0.39 is 20.2 Å². The molecule has 0 spiro atoms. The Bertz CT molecular complexity index is 1540. The molecule has 1 N–H and O–H groups in total. The van der Waals surface area contributed by atoms with Crippen LogP contribution < -0.4 is 10.7 Å². The van der Waals surface area contributed by atoms with E-state index in [-0.39, 0.29) is 28.4 Å². The zero-order chi connectivity index (χ0) is 23.8. The van der Waals surface area contributed by atoms with E-state index in [4.69, 9.17) is 0 Å². The third-order valence-corrected chi connectivity index (χ3v) is 7.11. The molecule has 0 saturated heterocycles. The number of carbonyl (C=O) groups excluding carboxylic acids is 1. The Morgan fingerprint density at radius 2 is 1.73 bits per heavy atom. The Labute approximate surface area is 191 Å². The summed E-state index contributed by atoms with van der Waals surface area (Å²) in [4.78, 5) is 30.1. The number of rotatable bonds is 5. The molecule has 1 amide bonds. The topological polar surface area (TPSA) is 98.1 Å². The molecule has 2 aromatic carbocycles. The molecule has 0 aliphatic heterocycles. The van der Waals surface area contributed by atoms with Gasteiger partial charge in [0.15, 0.2) is 0 Å². The van der Waals surface area contributed by atoms with Crippen molar-refractivity contribution in [3.63, 3.8) is 0 Å². The minimum absolute atomic E-state index is 0.00732. The molecule has 4 rings (SSSR count). The zero-order valence-electron chi connectivity index (χ0n) is 18.5. The van der Waals surface area contributed by atoms with Crippen LogP contribution in [-0.2, 0) is 21.2 Å². The number of fused-ring (bicyclic) bond motifs is 1. The molecule has 0 aliphatic carbocycles. The zero-order valence-corrected chi connectivity index (χ0v) is 19.3. The van der Waals surface area contributed by atoms with Gasteiger partial charge in [0, 0.05) is 17.6 Å². The predicted molar refractivity (Wildman–Crippen MR) is 127 cm³/mol. The van der Waals surface area contributed by atoms with Crippen molar-refractivity contribution in [1.82, 2.24) is 9.55 Å². The molecule has 0 radical (unpaired) electrons.